The minimum Gasteiger partial charge on any atom is -0.450 e. The number of fused-ring (bicyclic) bond motifs is 1. The molecule has 0 fully saturated rings. The van der Waals surface area contributed by atoms with Crippen molar-refractivity contribution in [1.82, 2.24) is 9.55 Å². The standard InChI is InChI=1S/C26H23F3N4O4Si/c1-38(2,3)7-6-36-15-32-14-20(17-8-16(13-30)9-18(27)10-17)24-23(4-5-31-26(24)32)37-25-21(28)11-19(33(34)35)12-22(25)29/h4-5,8-12,14H,6-7,15H2,1-3H3. The summed E-state index contributed by atoms with van der Waals surface area (Å²) in [6, 6.07) is 9.08. The molecule has 0 radical (unpaired) electrons. The van der Waals surface area contributed by atoms with Gasteiger partial charge >= 0.3 is 0 Å². The highest BCUT2D eigenvalue weighted by Crippen LogP contribution is 2.40. The number of hydrogen-bond donors (Lipinski definition) is 0. The molecule has 4 aromatic rings. The van der Waals surface area contributed by atoms with E-state index in [9.17, 15) is 28.5 Å². The SMILES string of the molecule is C[Si](C)(C)CCOCn1cc(-c2cc(F)cc(C#N)c2)c2c(Oc3c(F)cc([N+](=O)[O-])cc3F)ccnc21. The van der Waals surface area contributed by atoms with Crippen molar-refractivity contribution in [3.63, 3.8) is 0 Å². The van der Waals surface area contributed by atoms with Crippen LogP contribution in [0.25, 0.3) is 22.2 Å². The molecule has 2 heterocycles. The molecule has 0 unspecified atom stereocenters. The Kier molecular flexibility index (Phi) is 7.52. The molecule has 0 aliphatic rings. The van der Waals surface area contributed by atoms with Crippen molar-refractivity contribution in [2.45, 2.75) is 32.4 Å². The Hall–Kier alpha value is -4.21. The molecule has 8 nitrogen and oxygen atoms in total. The van der Waals surface area contributed by atoms with Gasteiger partial charge in [0.15, 0.2) is 17.4 Å². The first kappa shape index (κ1) is 26.8. The molecular formula is C26H23F3N4O4Si. The second kappa shape index (κ2) is 10.6. The van der Waals surface area contributed by atoms with E-state index in [1.54, 1.807) is 10.8 Å². The maximum atomic E-state index is 14.6. The van der Waals surface area contributed by atoms with Gasteiger partial charge in [-0.3, -0.25) is 10.1 Å². The van der Waals surface area contributed by atoms with Gasteiger partial charge < -0.3 is 14.0 Å². The van der Waals surface area contributed by atoms with Gasteiger partial charge in [0.1, 0.15) is 23.9 Å². The van der Waals surface area contributed by atoms with Crippen LogP contribution < -0.4 is 4.74 Å². The van der Waals surface area contributed by atoms with Crippen LogP contribution in [-0.2, 0) is 11.5 Å². The number of pyridine rings is 1. The summed E-state index contributed by atoms with van der Waals surface area (Å²) in [6.07, 6.45) is 3.00. The second-order valence-electron chi connectivity index (χ2n) is 9.81. The topological polar surface area (TPSA) is 103 Å². The van der Waals surface area contributed by atoms with Crippen molar-refractivity contribution in [2.75, 3.05) is 6.61 Å². The van der Waals surface area contributed by atoms with Crippen LogP contribution in [0.2, 0.25) is 25.7 Å². The van der Waals surface area contributed by atoms with Crippen molar-refractivity contribution in [3.05, 3.63) is 81.9 Å². The van der Waals surface area contributed by atoms with Crippen LogP contribution in [0.1, 0.15) is 5.56 Å². The summed E-state index contributed by atoms with van der Waals surface area (Å²) in [6.45, 7) is 7.27. The molecule has 0 saturated heterocycles. The number of rotatable bonds is 9. The van der Waals surface area contributed by atoms with Crippen LogP contribution in [0.4, 0.5) is 18.9 Å². The van der Waals surface area contributed by atoms with Crippen molar-refractivity contribution in [3.8, 4) is 28.7 Å². The number of non-ortho nitro benzene ring substituents is 1. The van der Waals surface area contributed by atoms with Gasteiger partial charge in [-0.1, -0.05) is 19.6 Å². The Morgan fingerprint density at radius 3 is 2.47 bits per heavy atom. The van der Waals surface area contributed by atoms with Gasteiger partial charge in [-0.2, -0.15) is 5.26 Å². The lowest BCUT2D eigenvalue weighted by molar-refractivity contribution is -0.385. The quantitative estimate of drug-likeness (QED) is 0.0980. The summed E-state index contributed by atoms with van der Waals surface area (Å²) in [5.41, 5.74) is 0.339. The summed E-state index contributed by atoms with van der Waals surface area (Å²) >= 11 is 0. The normalized spacial score (nSPS) is 11.5. The highest BCUT2D eigenvalue weighted by molar-refractivity contribution is 6.76. The number of nitro benzene ring substituents is 1. The first-order valence-corrected chi connectivity index (χ1v) is 15.3. The zero-order valence-corrected chi connectivity index (χ0v) is 21.8. The zero-order valence-electron chi connectivity index (χ0n) is 20.8. The molecule has 0 bridgehead atoms. The Morgan fingerprint density at radius 1 is 1.13 bits per heavy atom. The lowest BCUT2D eigenvalue weighted by atomic mass is 10.0. The number of hydrogen-bond acceptors (Lipinski definition) is 6. The van der Waals surface area contributed by atoms with Gasteiger partial charge in [0.2, 0.25) is 0 Å². The third-order valence-electron chi connectivity index (χ3n) is 5.69. The van der Waals surface area contributed by atoms with Crippen LogP contribution in [0.3, 0.4) is 0 Å². The average Bonchev–Trinajstić information content (AvgIpc) is 3.22. The average molecular weight is 541 g/mol. The predicted octanol–water partition coefficient (Wildman–Crippen LogP) is 7.01. The maximum absolute atomic E-state index is 14.6. The van der Waals surface area contributed by atoms with Crippen LogP contribution in [0.15, 0.2) is 48.8 Å². The highest BCUT2D eigenvalue weighted by Gasteiger charge is 2.23. The van der Waals surface area contributed by atoms with E-state index in [-0.39, 0.29) is 23.4 Å². The third kappa shape index (κ3) is 5.85. The number of halogens is 3. The van der Waals surface area contributed by atoms with Gasteiger partial charge in [-0.15, -0.1) is 0 Å². The van der Waals surface area contributed by atoms with Crippen LogP contribution >= 0.6 is 0 Å². The molecule has 0 N–H and O–H groups in total. The number of nitriles is 1. The molecule has 2 aromatic carbocycles. The molecule has 2 aromatic heterocycles. The molecule has 12 heteroatoms. The predicted molar refractivity (Wildman–Crippen MR) is 137 cm³/mol. The van der Waals surface area contributed by atoms with E-state index in [0.717, 1.165) is 12.1 Å². The molecule has 0 atom stereocenters. The first-order valence-electron chi connectivity index (χ1n) is 11.5. The van der Waals surface area contributed by atoms with Gasteiger partial charge in [0.25, 0.3) is 5.69 Å². The molecule has 38 heavy (non-hydrogen) atoms. The number of nitrogens with zero attached hydrogens (tertiary/aromatic N) is 4. The molecule has 4 rings (SSSR count). The number of nitro groups is 1. The van der Waals surface area contributed by atoms with Crippen molar-refractivity contribution in [1.29, 1.82) is 5.26 Å². The lowest BCUT2D eigenvalue weighted by Crippen LogP contribution is -2.22. The first-order chi connectivity index (χ1) is 18.0. The van der Waals surface area contributed by atoms with Crippen LogP contribution in [-0.4, -0.2) is 29.2 Å². The number of ether oxygens (including phenoxy) is 2. The van der Waals surface area contributed by atoms with E-state index in [2.05, 4.69) is 24.6 Å². The van der Waals surface area contributed by atoms with E-state index in [0.29, 0.717) is 35.5 Å². The molecular weight excluding hydrogens is 517 g/mol. The van der Waals surface area contributed by atoms with Gasteiger partial charge in [0.05, 0.1) is 34.1 Å². The molecule has 196 valence electrons. The summed E-state index contributed by atoms with van der Waals surface area (Å²) in [7, 11) is -1.34. The fourth-order valence-electron chi connectivity index (χ4n) is 3.80. The third-order valence-corrected chi connectivity index (χ3v) is 7.39. The smallest absolute Gasteiger partial charge is 0.275 e. The summed E-state index contributed by atoms with van der Waals surface area (Å²) < 4.78 is 56.8. The maximum Gasteiger partial charge on any atom is 0.275 e. The van der Waals surface area contributed by atoms with Crippen LogP contribution in [0, 0.1) is 38.9 Å². The van der Waals surface area contributed by atoms with E-state index in [1.807, 2.05) is 6.07 Å². The Labute approximate surface area is 217 Å². The minimum atomic E-state index is -1.34. The Morgan fingerprint density at radius 2 is 1.84 bits per heavy atom. The number of benzene rings is 2. The number of aromatic nitrogens is 2. The van der Waals surface area contributed by atoms with Gasteiger partial charge in [-0.05, 0) is 35.9 Å². The minimum absolute atomic E-state index is 0.0275. The summed E-state index contributed by atoms with van der Waals surface area (Å²) in [5, 5.41) is 20.6. The Balaban J connectivity index is 1.83. The van der Waals surface area contributed by atoms with Crippen molar-refractivity contribution < 1.29 is 27.6 Å². The zero-order chi connectivity index (χ0) is 27.6. The summed E-state index contributed by atoms with van der Waals surface area (Å²) in [4.78, 5) is 14.4. The largest absolute Gasteiger partial charge is 0.450 e. The fourth-order valence-corrected chi connectivity index (χ4v) is 4.56. The summed E-state index contributed by atoms with van der Waals surface area (Å²) in [5.74, 6) is -4.06. The Bertz CT molecular complexity index is 1550. The monoisotopic (exact) mass is 540 g/mol. The molecule has 0 aliphatic heterocycles. The molecule has 0 spiro atoms. The fraction of sp³-hybridized carbons (Fsp3) is 0.231. The van der Waals surface area contributed by atoms with Crippen molar-refractivity contribution in [2.24, 2.45) is 0 Å². The molecule has 0 aliphatic carbocycles. The van der Waals surface area contributed by atoms with E-state index in [1.165, 1.54) is 24.4 Å². The van der Waals surface area contributed by atoms with E-state index < -0.39 is 41.9 Å². The van der Waals surface area contributed by atoms with Gasteiger partial charge in [0, 0.05) is 32.6 Å². The lowest BCUT2D eigenvalue weighted by Gasteiger charge is -2.15. The van der Waals surface area contributed by atoms with Crippen molar-refractivity contribution >= 4 is 24.8 Å². The highest BCUT2D eigenvalue weighted by atomic mass is 28.3. The molecule has 0 saturated carbocycles. The van der Waals surface area contributed by atoms with Gasteiger partial charge in [-0.25, -0.2) is 18.2 Å². The van der Waals surface area contributed by atoms with Crippen LogP contribution in [0.5, 0.6) is 11.5 Å². The molecule has 0 amide bonds. The van der Waals surface area contributed by atoms with E-state index in [4.69, 9.17) is 9.47 Å². The van der Waals surface area contributed by atoms with E-state index >= 15 is 0 Å². The second-order valence-corrected chi connectivity index (χ2v) is 15.4.